The molecule has 0 saturated carbocycles. The van der Waals surface area contributed by atoms with Crippen molar-refractivity contribution >= 4 is 26.0 Å². The Morgan fingerprint density at radius 1 is 1.10 bits per heavy atom. The topological polar surface area (TPSA) is 66.4 Å². The average molecular weight is 374 g/mol. The number of nitrogens with one attached hydrogen (secondary N) is 1. The molecule has 0 amide bonds. The summed E-state index contributed by atoms with van der Waals surface area (Å²) in [6.45, 7) is -0.298. The Labute approximate surface area is 130 Å². The molecule has 2 aromatic rings. The molecule has 0 fully saturated rings. The first-order chi connectivity index (χ1) is 9.92. The van der Waals surface area contributed by atoms with Crippen LogP contribution in [0, 0.1) is 5.82 Å². The van der Waals surface area contributed by atoms with Gasteiger partial charge in [-0.25, -0.2) is 17.5 Å². The van der Waals surface area contributed by atoms with Gasteiger partial charge in [-0.1, -0.05) is 34.1 Å². The van der Waals surface area contributed by atoms with E-state index in [0.29, 0.717) is 5.56 Å². The van der Waals surface area contributed by atoms with Gasteiger partial charge in [0.2, 0.25) is 10.0 Å². The fourth-order valence-corrected chi connectivity index (χ4v) is 3.12. The van der Waals surface area contributed by atoms with Gasteiger partial charge in [-0.2, -0.15) is 0 Å². The van der Waals surface area contributed by atoms with E-state index < -0.39 is 20.7 Å². The van der Waals surface area contributed by atoms with Crippen molar-refractivity contribution in [3.8, 4) is 0 Å². The first-order valence-corrected chi connectivity index (χ1v) is 8.33. The second kappa shape index (κ2) is 6.65. The zero-order chi connectivity index (χ0) is 15.5. The van der Waals surface area contributed by atoms with E-state index in [9.17, 15) is 12.8 Å². The molecule has 0 aliphatic heterocycles. The SMILES string of the molecule is O=S(=O)(NCc1ccc(Br)cc1)c1cc(CO)ccc1F. The molecule has 0 aromatic heterocycles. The van der Waals surface area contributed by atoms with Gasteiger partial charge in [-0.15, -0.1) is 0 Å². The molecule has 2 rings (SSSR count). The highest BCUT2D eigenvalue weighted by atomic mass is 79.9. The number of aliphatic hydroxyl groups is 1. The second-order valence-corrected chi connectivity index (χ2v) is 7.02. The Bertz CT molecular complexity index is 732. The molecule has 4 nitrogen and oxygen atoms in total. The van der Waals surface area contributed by atoms with Crippen molar-refractivity contribution in [2.45, 2.75) is 18.0 Å². The summed E-state index contributed by atoms with van der Waals surface area (Å²) in [4.78, 5) is -0.467. The summed E-state index contributed by atoms with van der Waals surface area (Å²) < 4.78 is 41.1. The largest absolute Gasteiger partial charge is 0.392 e. The molecule has 0 radical (unpaired) electrons. The van der Waals surface area contributed by atoms with E-state index in [1.165, 1.54) is 6.07 Å². The molecule has 7 heteroatoms. The standard InChI is InChI=1S/C14H13BrFNO3S/c15-12-4-1-10(2-5-12)8-17-21(19,20)14-7-11(9-18)3-6-13(14)16/h1-7,17-18H,8-9H2. The summed E-state index contributed by atoms with van der Waals surface area (Å²) in [6, 6.07) is 10.6. The van der Waals surface area contributed by atoms with Crippen molar-refractivity contribution in [3.63, 3.8) is 0 Å². The molecule has 0 spiro atoms. The van der Waals surface area contributed by atoms with Gasteiger partial charge in [0.25, 0.3) is 0 Å². The van der Waals surface area contributed by atoms with Crippen LogP contribution in [-0.2, 0) is 23.2 Å². The van der Waals surface area contributed by atoms with Gasteiger partial charge in [-0.05, 0) is 35.4 Å². The van der Waals surface area contributed by atoms with Crippen molar-refractivity contribution in [3.05, 3.63) is 63.9 Å². The average Bonchev–Trinajstić information content (AvgIpc) is 2.47. The van der Waals surface area contributed by atoms with Crippen LogP contribution in [0.3, 0.4) is 0 Å². The third-order valence-corrected chi connectivity index (χ3v) is 4.79. The van der Waals surface area contributed by atoms with Gasteiger partial charge in [0.05, 0.1) is 6.61 Å². The van der Waals surface area contributed by atoms with Crippen molar-refractivity contribution in [1.82, 2.24) is 4.72 Å². The minimum Gasteiger partial charge on any atom is -0.392 e. The molecule has 2 aromatic carbocycles. The maximum atomic E-state index is 13.7. The Kier molecular flexibility index (Phi) is 5.10. The van der Waals surface area contributed by atoms with Gasteiger partial charge in [0.15, 0.2) is 0 Å². The van der Waals surface area contributed by atoms with E-state index in [-0.39, 0.29) is 13.2 Å². The predicted octanol–water partition coefficient (Wildman–Crippen LogP) is 2.56. The van der Waals surface area contributed by atoms with Gasteiger partial charge >= 0.3 is 0 Å². The van der Waals surface area contributed by atoms with Crippen LogP contribution < -0.4 is 4.72 Å². The van der Waals surface area contributed by atoms with E-state index in [1.807, 2.05) is 0 Å². The molecule has 21 heavy (non-hydrogen) atoms. The number of sulfonamides is 1. The van der Waals surface area contributed by atoms with Crippen LogP contribution in [0.1, 0.15) is 11.1 Å². The van der Waals surface area contributed by atoms with Crippen molar-refractivity contribution in [2.24, 2.45) is 0 Å². The number of halogens is 2. The van der Waals surface area contributed by atoms with Crippen molar-refractivity contribution < 1.29 is 17.9 Å². The molecule has 0 atom stereocenters. The lowest BCUT2D eigenvalue weighted by atomic mass is 10.2. The molecule has 0 bridgehead atoms. The molecular formula is C14H13BrFNO3S. The first-order valence-electron chi connectivity index (χ1n) is 6.06. The number of rotatable bonds is 5. The van der Waals surface area contributed by atoms with Crippen LogP contribution in [0.4, 0.5) is 4.39 Å². The summed E-state index contributed by atoms with van der Waals surface area (Å²) in [7, 11) is -3.98. The molecule has 0 saturated heterocycles. The Hall–Kier alpha value is -1.28. The smallest absolute Gasteiger partial charge is 0.243 e. The van der Waals surface area contributed by atoms with E-state index in [4.69, 9.17) is 5.11 Å². The van der Waals surface area contributed by atoms with Crippen molar-refractivity contribution in [1.29, 1.82) is 0 Å². The van der Waals surface area contributed by atoms with Crippen LogP contribution in [0.25, 0.3) is 0 Å². The number of hydrogen-bond donors (Lipinski definition) is 2. The minimum atomic E-state index is -3.98. The quantitative estimate of drug-likeness (QED) is 0.846. The number of hydrogen-bond acceptors (Lipinski definition) is 3. The van der Waals surface area contributed by atoms with E-state index in [2.05, 4.69) is 20.7 Å². The summed E-state index contributed by atoms with van der Waals surface area (Å²) in [6.07, 6.45) is 0. The van der Waals surface area contributed by atoms with Crippen LogP contribution in [-0.4, -0.2) is 13.5 Å². The van der Waals surface area contributed by atoms with Crippen LogP contribution in [0.2, 0.25) is 0 Å². The minimum absolute atomic E-state index is 0.0540. The highest BCUT2D eigenvalue weighted by Crippen LogP contribution is 2.17. The van der Waals surface area contributed by atoms with Crippen molar-refractivity contribution in [2.75, 3.05) is 0 Å². The third kappa shape index (κ3) is 4.10. The lowest BCUT2D eigenvalue weighted by Gasteiger charge is -2.09. The van der Waals surface area contributed by atoms with E-state index >= 15 is 0 Å². The highest BCUT2D eigenvalue weighted by Gasteiger charge is 2.19. The molecule has 0 unspecified atom stereocenters. The predicted molar refractivity (Wildman–Crippen MR) is 80.5 cm³/mol. The summed E-state index contributed by atoms with van der Waals surface area (Å²) in [5.74, 6) is -0.851. The summed E-state index contributed by atoms with van der Waals surface area (Å²) in [5.41, 5.74) is 1.08. The second-order valence-electron chi connectivity index (χ2n) is 4.37. The Morgan fingerprint density at radius 2 is 1.71 bits per heavy atom. The fourth-order valence-electron chi connectivity index (χ4n) is 1.71. The van der Waals surface area contributed by atoms with E-state index in [1.54, 1.807) is 24.3 Å². The molecule has 0 aliphatic carbocycles. The lowest BCUT2D eigenvalue weighted by Crippen LogP contribution is -2.24. The zero-order valence-corrected chi connectivity index (χ0v) is 13.3. The van der Waals surface area contributed by atoms with Crippen LogP contribution in [0.15, 0.2) is 51.8 Å². The summed E-state index contributed by atoms with van der Waals surface area (Å²) in [5, 5.41) is 9.01. The zero-order valence-electron chi connectivity index (χ0n) is 10.9. The maximum Gasteiger partial charge on any atom is 0.243 e. The van der Waals surface area contributed by atoms with Gasteiger partial charge < -0.3 is 5.11 Å². The Morgan fingerprint density at radius 3 is 2.33 bits per heavy atom. The molecular weight excluding hydrogens is 361 g/mol. The van der Waals surface area contributed by atoms with Gasteiger partial charge in [0.1, 0.15) is 10.7 Å². The lowest BCUT2D eigenvalue weighted by molar-refractivity contribution is 0.281. The number of aliphatic hydroxyl groups excluding tert-OH is 1. The Balaban J connectivity index is 2.20. The van der Waals surface area contributed by atoms with Gasteiger partial charge in [-0.3, -0.25) is 0 Å². The maximum absolute atomic E-state index is 13.7. The third-order valence-electron chi connectivity index (χ3n) is 2.85. The van der Waals surface area contributed by atoms with Crippen LogP contribution >= 0.6 is 15.9 Å². The molecule has 0 heterocycles. The van der Waals surface area contributed by atoms with Gasteiger partial charge in [0, 0.05) is 11.0 Å². The summed E-state index contributed by atoms with van der Waals surface area (Å²) >= 11 is 3.29. The molecule has 2 N–H and O–H groups in total. The normalized spacial score (nSPS) is 11.6. The monoisotopic (exact) mass is 373 g/mol. The fraction of sp³-hybridized carbons (Fsp3) is 0.143. The number of benzene rings is 2. The highest BCUT2D eigenvalue weighted by molar-refractivity contribution is 9.10. The molecule has 112 valence electrons. The van der Waals surface area contributed by atoms with Crippen LogP contribution in [0.5, 0.6) is 0 Å². The first kappa shape index (κ1) is 16.1. The molecule has 0 aliphatic rings. The van der Waals surface area contributed by atoms with E-state index in [0.717, 1.165) is 22.2 Å².